The number of oxazole rings is 1. The normalized spacial score (nSPS) is 17.2. The van der Waals surface area contributed by atoms with Gasteiger partial charge >= 0.3 is 0 Å². The van der Waals surface area contributed by atoms with Crippen LogP contribution in [0, 0.1) is 0 Å². The molecular formula is C23H24N2O3S. The van der Waals surface area contributed by atoms with Gasteiger partial charge in [0.05, 0.1) is 11.4 Å². The number of aromatic nitrogens is 1. The maximum Gasteiger partial charge on any atom is 0.257 e. The van der Waals surface area contributed by atoms with E-state index in [2.05, 4.69) is 5.32 Å². The highest BCUT2D eigenvalue weighted by Gasteiger charge is 2.23. The Morgan fingerprint density at radius 2 is 1.83 bits per heavy atom. The van der Waals surface area contributed by atoms with Crippen LogP contribution < -0.4 is 5.32 Å². The molecule has 6 heteroatoms. The molecule has 2 atom stereocenters. The Balaban J connectivity index is 1.51. The second-order valence-corrected chi connectivity index (χ2v) is 8.32. The molecule has 1 N–H and O–H groups in total. The quantitative estimate of drug-likeness (QED) is 0.570. The minimum atomic E-state index is -0.317. The Kier molecular flexibility index (Phi) is 6.32. The van der Waals surface area contributed by atoms with Gasteiger partial charge in [-0.1, -0.05) is 72.4 Å². The number of amides is 1. The minimum Gasteiger partial charge on any atom is -0.431 e. The molecule has 3 aromatic rings. The van der Waals surface area contributed by atoms with Gasteiger partial charge in [0, 0.05) is 24.3 Å². The number of thioether (sulfide) groups is 1. The number of hydrogen-bond acceptors (Lipinski definition) is 5. The zero-order valence-electron chi connectivity index (χ0n) is 16.3. The molecule has 0 saturated carbocycles. The van der Waals surface area contributed by atoms with Crippen LogP contribution in [0.25, 0.3) is 22.6 Å². The summed E-state index contributed by atoms with van der Waals surface area (Å²) < 4.78 is 11.7. The van der Waals surface area contributed by atoms with Gasteiger partial charge in [0.15, 0.2) is 5.76 Å². The van der Waals surface area contributed by atoms with Gasteiger partial charge in [-0.3, -0.25) is 4.79 Å². The van der Waals surface area contributed by atoms with Crippen molar-refractivity contribution in [3.05, 3.63) is 60.7 Å². The molecule has 2 aromatic carbocycles. The van der Waals surface area contributed by atoms with E-state index in [0.717, 1.165) is 36.3 Å². The second kappa shape index (κ2) is 9.29. The molecule has 1 aliphatic heterocycles. The van der Waals surface area contributed by atoms with E-state index in [1.807, 2.05) is 67.6 Å². The van der Waals surface area contributed by atoms with Gasteiger partial charge in [0.2, 0.25) is 5.91 Å². The van der Waals surface area contributed by atoms with Crippen LogP contribution in [0.4, 0.5) is 0 Å². The fourth-order valence-electron chi connectivity index (χ4n) is 3.30. The Morgan fingerprint density at radius 1 is 1.14 bits per heavy atom. The molecule has 0 spiro atoms. The molecule has 0 radical (unpaired) electrons. The monoisotopic (exact) mass is 408 g/mol. The largest absolute Gasteiger partial charge is 0.431 e. The first-order valence-electron chi connectivity index (χ1n) is 9.88. The smallest absolute Gasteiger partial charge is 0.257 e. The highest BCUT2D eigenvalue weighted by molar-refractivity contribution is 8.00. The summed E-state index contributed by atoms with van der Waals surface area (Å²) in [7, 11) is 0. The van der Waals surface area contributed by atoms with Gasteiger partial charge < -0.3 is 14.5 Å². The third kappa shape index (κ3) is 4.89. The van der Waals surface area contributed by atoms with Crippen LogP contribution in [0.2, 0.25) is 0 Å². The van der Waals surface area contributed by atoms with Crippen molar-refractivity contribution in [2.24, 2.45) is 0 Å². The van der Waals surface area contributed by atoms with E-state index in [4.69, 9.17) is 14.1 Å². The lowest BCUT2D eigenvalue weighted by Gasteiger charge is -2.13. The number of rotatable bonds is 7. The van der Waals surface area contributed by atoms with Crippen LogP contribution in [0.1, 0.15) is 19.8 Å². The Bertz CT molecular complexity index is 880. The van der Waals surface area contributed by atoms with Crippen LogP contribution in [-0.4, -0.2) is 35.4 Å². The molecular weight excluding hydrogens is 384 g/mol. The summed E-state index contributed by atoms with van der Waals surface area (Å²) in [4.78, 5) is 17.2. The Morgan fingerprint density at radius 3 is 2.48 bits per heavy atom. The van der Waals surface area contributed by atoms with E-state index in [1.165, 1.54) is 11.8 Å². The van der Waals surface area contributed by atoms with Gasteiger partial charge in [-0.05, 0) is 19.8 Å². The summed E-state index contributed by atoms with van der Waals surface area (Å²) >= 11 is 1.33. The number of carbonyl (C=O) groups excluding carboxylic acids is 1. The molecule has 1 aromatic heterocycles. The van der Waals surface area contributed by atoms with E-state index in [9.17, 15) is 4.79 Å². The highest BCUT2D eigenvalue weighted by Crippen LogP contribution is 2.36. The summed E-state index contributed by atoms with van der Waals surface area (Å²) in [5, 5.41) is 3.15. The standard InChI is InChI=1S/C23H24N2O3S/c1-16(22(26)24-15-19-13-8-14-27-19)29-23-25-20(17-9-4-2-5-10-17)21(28-23)18-11-6-3-7-12-18/h2-7,9-12,16,19H,8,13-15H2,1H3,(H,24,26)/t16-,19-/m0/s1. The average molecular weight is 409 g/mol. The number of nitrogens with one attached hydrogen (secondary N) is 1. The van der Waals surface area contributed by atoms with Gasteiger partial charge in [-0.15, -0.1) is 0 Å². The molecule has 150 valence electrons. The molecule has 0 bridgehead atoms. The molecule has 1 fully saturated rings. The summed E-state index contributed by atoms with van der Waals surface area (Å²) in [6, 6.07) is 19.9. The zero-order chi connectivity index (χ0) is 20.1. The molecule has 29 heavy (non-hydrogen) atoms. The topological polar surface area (TPSA) is 64.4 Å². The third-order valence-corrected chi connectivity index (χ3v) is 5.81. The van der Waals surface area contributed by atoms with Crippen LogP contribution in [-0.2, 0) is 9.53 Å². The van der Waals surface area contributed by atoms with E-state index < -0.39 is 0 Å². The average Bonchev–Trinajstić information content (AvgIpc) is 3.43. The molecule has 5 nitrogen and oxygen atoms in total. The fourth-order valence-corrected chi connectivity index (χ4v) is 4.06. The third-order valence-electron chi connectivity index (χ3n) is 4.87. The summed E-state index contributed by atoms with van der Waals surface area (Å²) in [6.45, 7) is 3.20. The molecule has 0 aliphatic carbocycles. The first kappa shape index (κ1) is 19.7. The van der Waals surface area contributed by atoms with Crippen molar-refractivity contribution in [1.82, 2.24) is 10.3 Å². The first-order valence-corrected chi connectivity index (χ1v) is 10.8. The molecule has 1 aliphatic rings. The van der Waals surface area contributed by atoms with E-state index in [0.29, 0.717) is 17.5 Å². The molecule has 4 rings (SSSR count). The zero-order valence-corrected chi connectivity index (χ0v) is 17.2. The van der Waals surface area contributed by atoms with Crippen molar-refractivity contribution in [3.8, 4) is 22.6 Å². The van der Waals surface area contributed by atoms with E-state index >= 15 is 0 Å². The number of ether oxygens (including phenoxy) is 1. The molecule has 2 heterocycles. The van der Waals surface area contributed by atoms with Crippen molar-refractivity contribution in [3.63, 3.8) is 0 Å². The van der Waals surface area contributed by atoms with Gasteiger partial charge in [-0.25, -0.2) is 4.98 Å². The number of hydrogen-bond donors (Lipinski definition) is 1. The van der Waals surface area contributed by atoms with Crippen molar-refractivity contribution in [2.45, 2.75) is 36.3 Å². The Hall–Kier alpha value is -2.57. The summed E-state index contributed by atoms with van der Waals surface area (Å²) in [5.41, 5.74) is 2.73. The van der Waals surface area contributed by atoms with Crippen molar-refractivity contribution < 1.29 is 13.9 Å². The summed E-state index contributed by atoms with van der Waals surface area (Å²) in [5.74, 6) is 0.678. The first-order chi connectivity index (χ1) is 14.2. The Labute approximate surface area is 174 Å². The van der Waals surface area contributed by atoms with Crippen LogP contribution in [0.3, 0.4) is 0 Å². The lowest BCUT2D eigenvalue weighted by atomic mass is 10.1. The number of carbonyl (C=O) groups is 1. The van der Waals surface area contributed by atoms with Crippen molar-refractivity contribution in [1.29, 1.82) is 0 Å². The van der Waals surface area contributed by atoms with Crippen molar-refractivity contribution >= 4 is 17.7 Å². The predicted octanol–water partition coefficient (Wildman–Crippen LogP) is 4.78. The molecule has 0 unspecified atom stereocenters. The second-order valence-electron chi connectivity index (χ2n) is 7.03. The van der Waals surface area contributed by atoms with Crippen LogP contribution in [0.5, 0.6) is 0 Å². The molecule has 1 saturated heterocycles. The van der Waals surface area contributed by atoms with Crippen LogP contribution in [0.15, 0.2) is 70.3 Å². The fraction of sp³-hybridized carbons (Fsp3) is 0.304. The maximum atomic E-state index is 12.5. The van der Waals surface area contributed by atoms with Crippen molar-refractivity contribution in [2.75, 3.05) is 13.2 Å². The van der Waals surface area contributed by atoms with Gasteiger partial charge in [0.1, 0.15) is 5.69 Å². The maximum absolute atomic E-state index is 12.5. The lowest BCUT2D eigenvalue weighted by molar-refractivity contribution is -0.120. The van der Waals surface area contributed by atoms with E-state index in [-0.39, 0.29) is 17.3 Å². The lowest BCUT2D eigenvalue weighted by Crippen LogP contribution is -2.36. The molecule has 1 amide bonds. The van der Waals surface area contributed by atoms with E-state index in [1.54, 1.807) is 0 Å². The van der Waals surface area contributed by atoms with Crippen LogP contribution >= 0.6 is 11.8 Å². The van der Waals surface area contributed by atoms with Gasteiger partial charge in [-0.2, -0.15) is 0 Å². The number of nitrogens with zero attached hydrogens (tertiary/aromatic N) is 1. The number of benzene rings is 2. The predicted molar refractivity (Wildman–Crippen MR) is 115 cm³/mol. The minimum absolute atomic E-state index is 0.0359. The highest BCUT2D eigenvalue weighted by atomic mass is 32.2. The SMILES string of the molecule is C[C@H](Sc1nc(-c2ccccc2)c(-c2ccccc2)o1)C(=O)NC[C@@H]1CCCO1. The van der Waals surface area contributed by atoms with Gasteiger partial charge in [0.25, 0.3) is 5.22 Å². The summed E-state index contributed by atoms with van der Waals surface area (Å²) in [6.07, 6.45) is 2.20.